The summed E-state index contributed by atoms with van der Waals surface area (Å²) in [7, 11) is 24.6. The average Bonchev–Trinajstić information content (AvgIpc) is 2.58. The minimum Gasteiger partial charge on any atom is -1.00 e. The number of rotatable bonds is 11. The number of hydrogen-bond acceptors (Lipinski definition) is 8. The van der Waals surface area contributed by atoms with E-state index in [-0.39, 0.29) is 51.2 Å². The van der Waals surface area contributed by atoms with Gasteiger partial charge in [-0.25, -0.2) is 0 Å². The molecule has 0 aromatic heterocycles. The van der Waals surface area contributed by atoms with E-state index in [1.807, 2.05) is 0 Å². The van der Waals surface area contributed by atoms with Crippen molar-refractivity contribution < 1.29 is 83.0 Å². The van der Waals surface area contributed by atoms with Gasteiger partial charge in [0.2, 0.25) is 0 Å². The van der Waals surface area contributed by atoms with Gasteiger partial charge in [0.1, 0.15) is 26.2 Å². The first kappa shape index (κ1) is 53.4. The first-order chi connectivity index (χ1) is 15.9. The molecule has 0 bridgehead atoms. The molecule has 0 radical (unpaired) electrons. The number of nitrogens with zero attached hydrogens (tertiary/aromatic N) is 4. The zero-order chi connectivity index (χ0) is 30.2. The molecule has 0 aromatic carbocycles. The minimum absolute atomic E-state index is 0. The maximum Gasteiger partial charge on any atom is 0.101 e. The summed E-state index contributed by atoms with van der Waals surface area (Å²) in [5.74, 6) is -2.73. The molecule has 0 aromatic rings. The summed E-state index contributed by atoms with van der Waals surface area (Å²) in [5.41, 5.74) is 0. The van der Waals surface area contributed by atoms with Crippen molar-refractivity contribution in [1.29, 1.82) is 0 Å². The Morgan fingerprint density at radius 1 is 0.447 bits per heavy atom. The van der Waals surface area contributed by atoms with Crippen LogP contribution in [-0.2, 0) is 9.59 Å². The zero-order valence-corrected chi connectivity index (χ0v) is 27.5. The normalized spacial score (nSPS) is 10.6. The molecule has 0 heterocycles. The van der Waals surface area contributed by atoms with Gasteiger partial charge in [-0.1, -0.05) is 0 Å². The Balaban J connectivity index is -0.0000000625. The summed E-state index contributed by atoms with van der Waals surface area (Å²) in [4.78, 5) is 19.0. The highest BCUT2D eigenvalue weighted by Crippen LogP contribution is 1.86. The van der Waals surface area contributed by atoms with E-state index in [4.69, 9.17) is 20.4 Å². The molecule has 0 unspecified atom stereocenters. The third-order valence-electron chi connectivity index (χ3n) is 3.62. The van der Waals surface area contributed by atoms with Gasteiger partial charge in [-0.3, -0.25) is 0 Å². The number of aliphatic carboxylic acids is 2. The monoisotopic (exact) mass is 602 g/mol. The van der Waals surface area contributed by atoms with E-state index in [9.17, 15) is 19.8 Å². The fourth-order valence-electron chi connectivity index (χ4n) is 1.40. The summed E-state index contributed by atoms with van der Waals surface area (Å²) in [6.45, 7) is 4.46. The van der Waals surface area contributed by atoms with Crippen LogP contribution < -0.4 is 35.0 Å². The fourth-order valence-corrected chi connectivity index (χ4v) is 1.40. The Labute approximate surface area is 244 Å². The first-order valence-corrected chi connectivity index (χ1v) is 11.9. The van der Waals surface area contributed by atoms with Crippen LogP contribution in [0.3, 0.4) is 0 Å². The number of carbonyl (C=O) groups excluding carboxylic acids is 2. The van der Waals surface area contributed by atoms with E-state index in [0.717, 1.165) is 44.1 Å². The number of quaternary nitrogens is 4. The molecule has 0 saturated carbocycles. The molecule has 0 saturated heterocycles. The van der Waals surface area contributed by atoms with Gasteiger partial charge in [-0.15, -0.1) is 0 Å². The largest absolute Gasteiger partial charge is 1.00 e. The van der Waals surface area contributed by atoms with Crippen molar-refractivity contribution in [2.45, 2.75) is 12.8 Å². The standard InChI is InChI=1S/4C5H14NO.C4H6O4.2ClH/c4*1-6(2,3)4-5-7;5-3(6)1-2-4(7)8;;/h4*7H,4-5H2,1-3H3;1-2H2,(H,5,6)(H,7,8);2*1H/q4*+1;;;/p-4. The number of halogens is 2. The predicted octanol–water partition coefficient (Wildman–Crippen LogP) is -9.99. The predicted molar refractivity (Wildman–Crippen MR) is 139 cm³/mol. The molecule has 0 rings (SSSR count). The summed E-state index contributed by atoms with van der Waals surface area (Å²) in [6, 6.07) is 0. The van der Waals surface area contributed by atoms with Crippen molar-refractivity contribution in [3.8, 4) is 0 Å². The Kier molecular flexibility index (Phi) is 41.1. The highest BCUT2D eigenvalue weighted by molar-refractivity contribution is 5.72. The molecule has 14 heteroatoms. The number of hydrogen-bond donors (Lipinski definition) is 4. The van der Waals surface area contributed by atoms with Crippen molar-refractivity contribution in [2.24, 2.45) is 0 Å². The fraction of sp³-hybridized carbons (Fsp3) is 0.917. The number of aliphatic hydroxyl groups is 4. The molecule has 0 fully saturated rings. The van der Waals surface area contributed by atoms with Crippen molar-refractivity contribution >= 4 is 11.9 Å². The van der Waals surface area contributed by atoms with Crippen LogP contribution in [0.2, 0.25) is 0 Å². The summed E-state index contributed by atoms with van der Waals surface area (Å²) < 4.78 is 3.38. The quantitative estimate of drug-likeness (QED) is 0.169. The lowest BCUT2D eigenvalue weighted by Crippen LogP contribution is -3.00. The first-order valence-electron chi connectivity index (χ1n) is 11.9. The van der Waals surface area contributed by atoms with E-state index < -0.39 is 24.8 Å². The lowest BCUT2D eigenvalue weighted by atomic mass is 10.3. The van der Waals surface area contributed by atoms with E-state index in [0.29, 0.717) is 0 Å². The number of carbonyl (C=O) groups is 2. The SMILES string of the molecule is C[N+](C)(C)CCO.C[N+](C)(C)CCO.C[N+](C)(C)CCO.C[N+](C)(C)CCO.O=C([O-])CCC(=O)[O-].[Cl-].[Cl-]. The molecule has 0 aliphatic rings. The topological polar surface area (TPSA) is 161 Å². The average molecular weight is 604 g/mol. The number of carboxylic acids is 2. The van der Waals surface area contributed by atoms with Crippen LogP contribution in [0.1, 0.15) is 12.8 Å². The number of likely N-dealkylation sites (N-methyl/N-ethyl adjacent to an activating group) is 4. The molecule has 0 amide bonds. The molecular weight excluding hydrogens is 543 g/mol. The molecule has 38 heavy (non-hydrogen) atoms. The van der Waals surface area contributed by atoms with Crippen LogP contribution in [0.15, 0.2) is 0 Å². The van der Waals surface area contributed by atoms with Gasteiger partial charge in [0.05, 0.1) is 111 Å². The molecule has 0 atom stereocenters. The van der Waals surface area contributed by atoms with Gasteiger partial charge >= 0.3 is 0 Å². The highest BCUT2D eigenvalue weighted by Gasteiger charge is 2.04. The molecule has 4 N–H and O–H groups in total. The zero-order valence-electron chi connectivity index (χ0n) is 26.0. The number of aliphatic hydroxyl groups excluding tert-OH is 4. The molecule has 0 aliphatic carbocycles. The molecule has 0 spiro atoms. The number of carboxylic acid groups (broad SMARTS) is 2. The lowest BCUT2D eigenvalue weighted by molar-refractivity contribution is -0.870. The second kappa shape index (κ2) is 29.2. The van der Waals surface area contributed by atoms with Crippen LogP contribution in [0.4, 0.5) is 0 Å². The van der Waals surface area contributed by atoms with Crippen LogP contribution in [0.5, 0.6) is 0 Å². The van der Waals surface area contributed by atoms with Gasteiger partial charge in [0.15, 0.2) is 0 Å². The lowest BCUT2D eigenvalue weighted by Gasteiger charge is -2.21. The van der Waals surface area contributed by atoms with Crippen molar-refractivity contribution in [3.05, 3.63) is 0 Å². The van der Waals surface area contributed by atoms with Gasteiger partial charge in [-0.05, 0) is 12.8 Å². The van der Waals surface area contributed by atoms with Gasteiger partial charge in [0.25, 0.3) is 0 Å². The molecule has 12 nitrogen and oxygen atoms in total. The Bertz CT molecular complexity index is 440. The smallest absolute Gasteiger partial charge is 0.101 e. The second-order valence-electron chi connectivity index (χ2n) is 12.2. The van der Waals surface area contributed by atoms with Gasteiger partial charge in [0, 0.05) is 11.9 Å². The van der Waals surface area contributed by atoms with Crippen molar-refractivity contribution in [2.75, 3.05) is 137 Å². The van der Waals surface area contributed by atoms with E-state index in [1.165, 1.54) is 0 Å². The molecule has 0 aliphatic heterocycles. The highest BCUT2D eigenvalue weighted by atomic mass is 35.5. The van der Waals surface area contributed by atoms with E-state index in [1.54, 1.807) is 0 Å². The van der Waals surface area contributed by atoms with E-state index in [2.05, 4.69) is 84.6 Å². The maximum atomic E-state index is 9.50. The molecule has 238 valence electrons. The van der Waals surface area contributed by atoms with Crippen LogP contribution in [0, 0.1) is 0 Å². The Morgan fingerprint density at radius 2 is 0.579 bits per heavy atom. The maximum absolute atomic E-state index is 9.50. The minimum atomic E-state index is -1.37. The summed E-state index contributed by atoms with van der Waals surface area (Å²) in [6.07, 6.45) is -0.940. The Morgan fingerprint density at radius 3 is 0.605 bits per heavy atom. The molecular formula is C24H60Cl2N4O8. The van der Waals surface area contributed by atoms with Crippen LogP contribution in [0.25, 0.3) is 0 Å². The summed E-state index contributed by atoms with van der Waals surface area (Å²) >= 11 is 0. The summed E-state index contributed by atoms with van der Waals surface area (Å²) in [5, 5.41) is 52.5. The Hall–Kier alpha value is -0.800. The third kappa shape index (κ3) is 101. The van der Waals surface area contributed by atoms with Crippen LogP contribution >= 0.6 is 0 Å². The van der Waals surface area contributed by atoms with Crippen LogP contribution in [-0.4, -0.2) is 187 Å². The second-order valence-corrected chi connectivity index (χ2v) is 12.2. The van der Waals surface area contributed by atoms with E-state index >= 15 is 0 Å². The van der Waals surface area contributed by atoms with Gasteiger partial charge in [-0.2, -0.15) is 0 Å². The van der Waals surface area contributed by atoms with Crippen molar-refractivity contribution in [1.82, 2.24) is 0 Å². The van der Waals surface area contributed by atoms with Crippen molar-refractivity contribution in [3.63, 3.8) is 0 Å². The third-order valence-corrected chi connectivity index (χ3v) is 3.62. The van der Waals surface area contributed by atoms with Gasteiger partial charge < -0.3 is 83.0 Å².